The molecule has 3 rings (SSSR count). The predicted molar refractivity (Wildman–Crippen MR) is 65.5 cm³/mol. The second-order valence-electron chi connectivity index (χ2n) is 4.79. The van der Waals surface area contributed by atoms with Crippen molar-refractivity contribution in [3.63, 3.8) is 0 Å². The number of hydrogen-bond acceptors (Lipinski definition) is 1. The molecule has 0 saturated heterocycles. The van der Waals surface area contributed by atoms with Crippen molar-refractivity contribution in [2.45, 2.75) is 19.3 Å². The third-order valence-electron chi connectivity index (χ3n) is 3.88. The largest absolute Gasteiger partial charge is 0.396 e. The summed E-state index contributed by atoms with van der Waals surface area (Å²) in [4.78, 5) is 0. The molecule has 2 aromatic rings. The van der Waals surface area contributed by atoms with Crippen LogP contribution in [0.4, 0.5) is 0 Å². The highest BCUT2D eigenvalue weighted by Gasteiger charge is 2.23. The average Bonchev–Trinajstić information content (AvgIpc) is 2.64. The third kappa shape index (κ3) is 1.30. The first-order chi connectivity index (χ1) is 7.81. The Balaban J connectivity index is 2.21. The Morgan fingerprint density at radius 3 is 3.00 bits per heavy atom. The zero-order valence-electron chi connectivity index (χ0n) is 9.61. The van der Waals surface area contributed by atoms with Crippen LogP contribution in [-0.4, -0.2) is 16.3 Å². The first-order valence-corrected chi connectivity index (χ1v) is 5.97. The second-order valence-corrected chi connectivity index (χ2v) is 4.79. The monoisotopic (exact) mass is 215 g/mol. The lowest BCUT2D eigenvalue weighted by Crippen LogP contribution is -2.18. The van der Waals surface area contributed by atoms with E-state index >= 15 is 0 Å². The molecule has 0 amide bonds. The van der Waals surface area contributed by atoms with E-state index in [-0.39, 0.29) is 0 Å². The van der Waals surface area contributed by atoms with Gasteiger partial charge in [0.05, 0.1) is 0 Å². The van der Waals surface area contributed by atoms with Gasteiger partial charge in [0.15, 0.2) is 0 Å². The van der Waals surface area contributed by atoms with E-state index in [0.29, 0.717) is 12.5 Å². The van der Waals surface area contributed by atoms with Crippen molar-refractivity contribution in [1.82, 2.24) is 4.57 Å². The smallest absolute Gasteiger partial charge is 0.0482 e. The fraction of sp³-hybridized carbons (Fsp3) is 0.429. The molecule has 0 radical (unpaired) electrons. The molecule has 0 spiro atoms. The summed E-state index contributed by atoms with van der Waals surface area (Å²) >= 11 is 0. The fourth-order valence-electron chi connectivity index (χ4n) is 2.96. The summed E-state index contributed by atoms with van der Waals surface area (Å²) in [7, 11) is 2.15. The van der Waals surface area contributed by atoms with Crippen molar-refractivity contribution in [2.24, 2.45) is 13.0 Å². The molecule has 84 valence electrons. The maximum Gasteiger partial charge on any atom is 0.0482 e. The number of rotatable bonds is 1. The van der Waals surface area contributed by atoms with Crippen LogP contribution in [-0.2, 0) is 19.9 Å². The van der Waals surface area contributed by atoms with Gasteiger partial charge < -0.3 is 9.67 Å². The number of aliphatic hydroxyl groups excluding tert-OH is 1. The van der Waals surface area contributed by atoms with Crippen LogP contribution in [0.25, 0.3) is 10.9 Å². The third-order valence-corrected chi connectivity index (χ3v) is 3.88. The van der Waals surface area contributed by atoms with Gasteiger partial charge in [-0.15, -0.1) is 0 Å². The molecule has 1 heterocycles. The van der Waals surface area contributed by atoms with Gasteiger partial charge in [0.1, 0.15) is 0 Å². The molecule has 1 aliphatic rings. The number of para-hydroxylation sites is 1. The van der Waals surface area contributed by atoms with E-state index in [1.54, 1.807) is 0 Å². The van der Waals surface area contributed by atoms with E-state index in [0.717, 1.165) is 19.3 Å². The number of aromatic nitrogens is 1. The normalized spacial score (nSPS) is 20.0. The van der Waals surface area contributed by atoms with Gasteiger partial charge in [-0.25, -0.2) is 0 Å². The van der Waals surface area contributed by atoms with E-state index in [1.807, 2.05) is 0 Å². The lowest BCUT2D eigenvalue weighted by atomic mass is 9.87. The minimum Gasteiger partial charge on any atom is -0.396 e. The molecule has 1 atom stereocenters. The molecule has 1 aromatic heterocycles. The number of aryl methyl sites for hydroxylation is 1. The molecule has 16 heavy (non-hydrogen) atoms. The van der Waals surface area contributed by atoms with E-state index in [4.69, 9.17) is 0 Å². The van der Waals surface area contributed by atoms with Gasteiger partial charge in [-0.05, 0) is 36.8 Å². The number of benzene rings is 1. The lowest BCUT2D eigenvalue weighted by molar-refractivity contribution is 0.213. The van der Waals surface area contributed by atoms with E-state index in [2.05, 4.69) is 35.9 Å². The molecule has 0 aliphatic heterocycles. The Hall–Kier alpha value is -1.28. The predicted octanol–water partition coefficient (Wildman–Crippen LogP) is 2.28. The van der Waals surface area contributed by atoms with E-state index in [1.165, 1.54) is 22.2 Å². The second kappa shape index (κ2) is 3.63. The maximum absolute atomic E-state index is 9.29. The van der Waals surface area contributed by atoms with Crippen LogP contribution in [0.3, 0.4) is 0 Å². The van der Waals surface area contributed by atoms with Crippen LogP contribution in [0.2, 0.25) is 0 Å². The molecule has 2 nitrogen and oxygen atoms in total. The Morgan fingerprint density at radius 2 is 2.19 bits per heavy atom. The molecule has 1 unspecified atom stereocenters. The van der Waals surface area contributed by atoms with Gasteiger partial charge in [0.2, 0.25) is 0 Å². The summed E-state index contributed by atoms with van der Waals surface area (Å²) in [6.07, 6.45) is 3.26. The number of fused-ring (bicyclic) bond motifs is 3. The molecule has 1 aliphatic carbocycles. The minimum absolute atomic E-state index is 0.322. The Bertz CT molecular complexity index is 527. The van der Waals surface area contributed by atoms with Gasteiger partial charge >= 0.3 is 0 Å². The SMILES string of the molecule is Cn1c2c(c3ccccc31)CC(CO)CC2. The zero-order valence-corrected chi connectivity index (χ0v) is 9.61. The quantitative estimate of drug-likeness (QED) is 0.775. The highest BCUT2D eigenvalue weighted by Crippen LogP contribution is 2.33. The van der Waals surface area contributed by atoms with Crippen LogP contribution in [0, 0.1) is 5.92 Å². The Morgan fingerprint density at radius 1 is 1.38 bits per heavy atom. The Labute approximate surface area is 95.5 Å². The van der Waals surface area contributed by atoms with Crippen molar-refractivity contribution in [1.29, 1.82) is 0 Å². The molecule has 1 N–H and O–H groups in total. The highest BCUT2D eigenvalue weighted by atomic mass is 16.3. The summed E-state index contributed by atoms with van der Waals surface area (Å²) in [5.74, 6) is 0.457. The van der Waals surface area contributed by atoms with Gasteiger partial charge in [-0.1, -0.05) is 18.2 Å². The molecule has 0 bridgehead atoms. The van der Waals surface area contributed by atoms with Crippen molar-refractivity contribution in [3.05, 3.63) is 35.5 Å². The average molecular weight is 215 g/mol. The number of hydrogen-bond donors (Lipinski definition) is 1. The molecule has 0 saturated carbocycles. The Kier molecular flexibility index (Phi) is 2.25. The van der Waals surface area contributed by atoms with Crippen LogP contribution in [0.1, 0.15) is 17.7 Å². The van der Waals surface area contributed by atoms with E-state index in [9.17, 15) is 5.11 Å². The van der Waals surface area contributed by atoms with Crippen LogP contribution >= 0.6 is 0 Å². The van der Waals surface area contributed by atoms with Gasteiger partial charge in [0, 0.05) is 30.3 Å². The lowest BCUT2D eigenvalue weighted by Gasteiger charge is -2.21. The van der Waals surface area contributed by atoms with Crippen LogP contribution in [0.15, 0.2) is 24.3 Å². The summed E-state index contributed by atoms with van der Waals surface area (Å²) in [5.41, 5.74) is 4.25. The van der Waals surface area contributed by atoms with Crippen LogP contribution < -0.4 is 0 Å². The maximum atomic E-state index is 9.29. The topological polar surface area (TPSA) is 25.2 Å². The molecule has 2 heteroatoms. The van der Waals surface area contributed by atoms with Crippen molar-refractivity contribution >= 4 is 10.9 Å². The number of nitrogens with zero attached hydrogens (tertiary/aromatic N) is 1. The van der Waals surface area contributed by atoms with Crippen molar-refractivity contribution in [2.75, 3.05) is 6.61 Å². The molecule has 1 aromatic carbocycles. The summed E-state index contributed by atoms with van der Waals surface area (Å²) in [5, 5.41) is 10.7. The van der Waals surface area contributed by atoms with Crippen molar-refractivity contribution < 1.29 is 5.11 Å². The van der Waals surface area contributed by atoms with Gasteiger partial charge in [-0.3, -0.25) is 0 Å². The first-order valence-electron chi connectivity index (χ1n) is 5.97. The first kappa shape index (κ1) is 9.91. The zero-order chi connectivity index (χ0) is 11.1. The molecular weight excluding hydrogens is 198 g/mol. The standard InChI is InChI=1S/C14H17NO/c1-15-13-5-3-2-4-11(13)12-8-10(9-16)6-7-14(12)15/h2-5,10,16H,6-9H2,1H3. The highest BCUT2D eigenvalue weighted by molar-refractivity contribution is 5.85. The summed E-state index contributed by atoms with van der Waals surface area (Å²) < 4.78 is 2.32. The molecular formula is C14H17NO. The minimum atomic E-state index is 0.322. The van der Waals surface area contributed by atoms with Gasteiger partial charge in [-0.2, -0.15) is 0 Å². The van der Waals surface area contributed by atoms with E-state index < -0.39 is 0 Å². The summed E-state index contributed by atoms with van der Waals surface area (Å²) in [6, 6.07) is 8.58. The van der Waals surface area contributed by atoms with Crippen LogP contribution in [0.5, 0.6) is 0 Å². The fourth-order valence-corrected chi connectivity index (χ4v) is 2.96. The number of aliphatic hydroxyl groups is 1. The van der Waals surface area contributed by atoms with Crippen molar-refractivity contribution in [3.8, 4) is 0 Å². The molecule has 0 fully saturated rings. The van der Waals surface area contributed by atoms with Gasteiger partial charge in [0.25, 0.3) is 0 Å². The summed E-state index contributed by atoms with van der Waals surface area (Å²) in [6.45, 7) is 0.322.